The molecule has 15 heavy (non-hydrogen) atoms. The first kappa shape index (κ1) is 15.1. The van der Waals surface area contributed by atoms with Gasteiger partial charge < -0.3 is 13.3 Å². The van der Waals surface area contributed by atoms with Crippen molar-refractivity contribution in [3.05, 3.63) is 5.92 Å². The molecule has 0 bridgehead atoms. The van der Waals surface area contributed by atoms with E-state index in [4.69, 9.17) is 13.3 Å². The largest absolute Gasteiger partial charge is 0.500 e. The second-order valence-electron chi connectivity index (χ2n) is 3.69. The van der Waals surface area contributed by atoms with Crippen molar-refractivity contribution in [2.75, 3.05) is 19.8 Å². The van der Waals surface area contributed by atoms with Gasteiger partial charge in [-0.15, -0.1) is 0 Å². The molecule has 0 saturated heterocycles. The van der Waals surface area contributed by atoms with Gasteiger partial charge in [0.1, 0.15) is 0 Å². The fraction of sp³-hybridized carbons (Fsp3) is 0.909. The molecule has 0 rings (SSSR count). The summed E-state index contributed by atoms with van der Waals surface area (Å²) in [6.45, 7) is 12.2. The van der Waals surface area contributed by atoms with E-state index in [1.54, 1.807) is 0 Å². The van der Waals surface area contributed by atoms with Gasteiger partial charge in [-0.05, 0) is 33.1 Å². The molecule has 0 atom stereocenters. The highest BCUT2D eigenvalue weighted by molar-refractivity contribution is 6.60. The van der Waals surface area contributed by atoms with E-state index in [1.807, 2.05) is 20.8 Å². The molecule has 1 radical (unpaired) electrons. The zero-order valence-corrected chi connectivity index (χ0v) is 11.8. The smallest absolute Gasteiger partial charge is 0.374 e. The summed E-state index contributed by atoms with van der Waals surface area (Å²) in [6.07, 6.45) is 1.02. The van der Waals surface area contributed by atoms with E-state index in [0.29, 0.717) is 19.8 Å². The Balaban J connectivity index is 4.31. The first-order valence-electron chi connectivity index (χ1n) is 5.81. The lowest BCUT2D eigenvalue weighted by atomic mass is 10.2. The Bertz CT molecular complexity index is 134. The highest BCUT2D eigenvalue weighted by Gasteiger charge is 2.39. The van der Waals surface area contributed by atoms with Crippen molar-refractivity contribution >= 4 is 8.80 Å². The SMILES string of the molecule is CCO[Si](CC[C](C)C)(OCC)OCC. The molecule has 0 aromatic rings. The molecule has 91 valence electrons. The van der Waals surface area contributed by atoms with Crippen LogP contribution in [0.2, 0.25) is 6.04 Å². The summed E-state index contributed by atoms with van der Waals surface area (Å²) in [5.41, 5.74) is 0. The molecule has 0 aliphatic carbocycles. The fourth-order valence-corrected chi connectivity index (χ4v) is 4.21. The highest BCUT2D eigenvalue weighted by atomic mass is 28.4. The molecule has 0 unspecified atom stereocenters. The Morgan fingerprint density at radius 3 is 1.53 bits per heavy atom. The Hall–Kier alpha value is 0.0969. The van der Waals surface area contributed by atoms with Crippen molar-refractivity contribution < 1.29 is 13.3 Å². The predicted octanol–water partition coefficient (Wildman–Crippen LogP) is 3.04. The molecule has 0 aromatic heterocycles. The van der Waals surface area contributed by atoms with Crippen LogP contribution in [0.1, 0.15) is 41.0 Å². The van der Waals surface area contributed by atoms with Crippen LogP contribution in [0.4, 0.5) is 0 Å². The first-order valence-corrected chi connectivity index (χ1v) is 7.74. The maximum absolute atomic E-state index is 5.74. The van der Waals surface area contributed by atoms with E-state index in [0.717, 1.165) is 12.5 Å². The van der Waals surface area contributed by atoms with Gasteiger partial charge in [-0.25, -0.2) is 0 Å². The first-order chi connectivity index (χ1) is 7.10. The van der Waals surface area contributed by atoms with Crippen LogP contribution in [-0.2, 0) is 13.3 Å². The van der Waals surface area contributed by atoms with Crippen molar-refractivity contribution in [1.29, 1.82) is 0 Å². The van der Waals surface area contributed by atoms with Crippen LogP contribution in [0.25, 0.3) is 0 Å². The molecule has 0 spiro atoms. The van der Waals surface area contributed by atoms with E-state index in [2.05, 4.69) is 13.8 Å². The van der Waals surface area contributed by atoms with E-state index in [9.17, 15) is 0 Å². The Morgan fingerprint density at radius 2 is 1.27 bits per heavy atom. The summed E-state index contributed by atoms with van der Waals surface area (Å²) in [4.78, 5) is 0. The number of hydrogen-bond donors (Lipinski definition) is 0. The molecule has 0 aliphatic heterocycles. The fourth-order valence-electron chi connectivity index (χ4n) is 1.40. The third-order valence-electron chi connectivity index (χ3n) is 2.02. The van der Waals surface area contributed by atoms with Crippen LogP contribution in [-0.4, -0.2) is 28.6 Å². The van der Waals surface area contributed by atoms with Gasteiger partial charge in [-0.2, -0.15) is 0 Å². The van der Waals surface area contributed by atoms with Crippen LogP contribution in [0.15, 0.2) is 0 Å². The van der Waals surface area contributed by atoms with E-state index < -0.39 is 8.80 Å². The molecule has 3 nitrogen and oxygen atoms in total. The summed E-state index contributed by atoms with van der Waals surface area (Å²) >= 11 is 0. The Kier molecular flexibility index (Phi) is 8.33. The van der Waals surface area contributed by atoms with E-state index in [1.165, 1.54) is 5.92 Å². The van der Waals surface area contributed by atoms with Gasteiger partial charge in [0.05, 0.1) is 0 Å². The quantitative estimate of drug-likeness (QED) is 0.573. The predicted molar refractivity (Wildman–Crippen MR) is 64.6 cm³/mol. The average molecular weight is 233 g/mol. The Labute approximate surface area is 95.5 Å². The number of rotatable bonds is 9. The van der Waals surface area contributed by atoms with Crippen molar-refractivity contribution in [1.82, 2.24) is 0 Å². The van der Waals surface area contributed by atoms with E-state index in [-0.39, 0.29) is 0 Å². The molecule has 0 aromatic carbocycles. The van der Waals surface area contributed by atoms with Crippen molar-refractivity contribution in [3.63, 3.8) is 0 Å². The maximum atomic E-state index is 5.74. The molecule has 0 N–H and O–H groups in total. The van der Waals surface area contributed by atoms with Gasteiger partial charge in [0, 0.05) is 25.9 Å². The molecule has 0 amide bonds. The van der Waals surface area contributed by atoms with Gasteiger partial charge in [0.15, 0.2) is 0 Å². The maximum Gasteiger partial charge on any atom is 0.500 e. The zero-order valence-electron chi connectivity index (χ0n) is 10.8. The normalized spacial score (nSPS) is 12.4. The van der Waals surface area contributed by atoms with Gasteiger partial charge >= 0.3 is 8.80 Å². The molecular weight excluding hydrogens is 208 g/mol. The van der Waals surface area contributed by atoms with Crippen molar-refractivity contribution in [2.24, 2.45) is 0 Å². The van der Waals surface area contributed by atoms with Gasteiger partial charge in [-0.1, -0.05) is 13.8 Å². The minimum Gasteiger partial charge on any atom is -0.374 e. The van der Waals surface area contributed by atoms with Crippen LogP contribution in [0.5, 0.6) is 0 Å². The lowest BCUT2D eigenvalue weighted by Gasteiger charge is -2.28. The third kappa shape index (κ3) is 6.30. The second kappa shape index (κ2) is 8.27. The van der Waals surface area contributed by atoms with Gasteiger partial charge in [0.25, 0.3) is 0 Å². The molecule has 0 aliphatic rings. The zero-order chi connectivity index (χ0) is 11.7. The molecule has 4 heteroatoms. The third-order valence-corrected chi connectivity index (χ3v) is 5.07. The van der Waals surface area contributed by atoms with Crippen LogP contribution in [0, 0.1) is 5.92 Å². The summed E-state index contributed by atoms with van der Waals surface area (Å²) in [7, 11) is -2.38. The lowest BCUT2D eigenvalue weighted by Crippen LogP contribution is -2.46. The van der Waals surface area contributed by atoms with E-state index >= 15 is 0 Å². The van der Waals surface area contributed by atoms with Gasteiger partial charge in [-0.3, -0.25) is 0 Å². The van der Waals surface area contributed by atoms with Crippen LogP contribution < -0.4 is 0 Å². The summed E-state index contributed by atoms with van der Waals surface area (Å²) < 4.78 is 17.2. The molecule has 0 saturated carbocycles. The molecule has 0 heterocycles. The van der Waals surface area contributed by atoms with Crippen molar-refractivity contribution in [3.8, 4) is 0 Å². The lowest BCUT2D eigenvalue weighted by molar-refractivity contribution is 0.0711. The van der Waals surface area contributed by atoms with Gasteiger partial charge in [0.2, 0.25) is 0 Å². The minimum atomic E-state index is -2.38. The monoisotopic (exact) mass is 233 g/mol. The summed E-state index contributed by atoms with van der Waals surface area (Å²) in [5, 5.41) is 0. The summed E-state index contributed by atoms with van der Waals surface area (Å²) in [5.74, 6) is 1.39. The summed E-state index contributed by atoms with van der Waals surface area (Å²) in [6, 6.07) is 0.894. The topological polar surface area (TPSA) is 27.7 Å². The van der Waals surface area contributed by atoms with Crippen molar-refractivity contribution in [2.45, 2.75) is 47.1 Å². The molecular formula is C11H25O3Si. The minimum absolute atomic E-state index is 0.662. The highest BCUT2D eigenvalue weighted by Crippen LogP contribution is 2.21. The molecule has 0 fully saturated rings. The number of hydrogen-bond acceptors (Lipinski definition) is 3. The van der Waals surface area contributed by atoms with Crippen LogP contribution in [0.3, 0.4) is 0 Å². The Morgan fingerprint density at radius 1 is 0.867 bits per heavy atom. The van der Waals surface area contributed by atoms with Crippen LogP contribution >= 0.6 is 0 Å². The second-order valence-corrected chi connectivity index (χ2v) is 6.42. The average Bonchev–Trinajstić information content (AvgIpc) is 2.16. The standard InChI is InChI=1S/C11H25O3Si/c1-6-12-15(13-7-2,14-8-3)10-9-11(4)5/h6-10H2,1-5H3.